The molecule has 0 spiro atoms. The number of rotatable bonds is 2. The van der Waals surface area contributed by atoms with Crippen LogP contribution in [0.1, 0.15) is 0 Å². The van der Waals surface area contributed by atoms with Gasteiger partial charge in [0.25, 0.3) is 0 Å². The molecule has 0 aliphatic heterocycles. The van der Waals surface area contributed by atoms with E-state index in [9.17, 15) is 16.8 Å². The smallest absolute Gasteiger partial charge is 0.263 e. The molecule has 0 rings (SSSR count). The van der Waals surface area contributed by atoms with Crippen molar-refractivity contribution in [1.29, 1.82) is 0 Å². The summed E-state index contributed by atoms with van der Waals surface area (Å²) in [4.78, 5) is 0. The Morgan fingerprint density at radius 1 is 0.818 bits per heavy atom. The molecule has 0 atom stereocenters. The summed E-state index contributed by atoms with van der Waals surface area (Å²) in [5.74, 6) is 0. The standard InChI is InChI=1S/H2O7S2.2Ru/c1-8(2,3)7-9(4,5)6;;/h(H,1,2,3)(H,4,5,6);;. The first-order valence-corrected chi connectivity index (χ1v) is 4.10. The molecule has 0 saturated heterocycles. The molecule has 0 saturated carbocycles. The van der Waals surface area contributed by atoms with Gasteiger partial charge in [0.05, 0.1) is 0 Å². The maximum Gasteiger partial charge on any atom is 0.413 e. The van der Waals surface area contributed by atoms with E-state index in [2.05, 4.69) is 3.63 Å². The summed E-state index contributed by atoms with van der Waals surface area (Å²) < 4.78 is 55.6. The summed E-state index contributed by atoms with van der Waals surface area (Å²) in [6, 6.07) is 0. The first kappa shape index (κ1) is 17.9. The molecule has 0 aliphatic rings. The van der Waals surface area contributed by atoms with Gasteiger partial charge in [-0.2, -0.15) is 16.8 Å². The number of hydrogen-bond donors (Lipinski definition) is 2. The van der Waals surface area contributed by atoms with Crippen LogP contribution in [0.4, 0.5) is 0 Å². The van der Waals surface area contributed by atoms with Crippen LogP contribution >= 0.6 is 0 Å². The van der Waals surface area contributed by atoms with Crippen molar-refractivity contribution in [3.8, 4) is 0 Å². The summed E-state index contributed by atoms with van der Waals surface area (Å²) >= 11 is 0. The minimum Gasteiger partial charge on any atom is -0.263 e. The average molecular weight is 380 g/mol. The van der Waals surface area contributed by atoms with Crippen LogP contribution in [0, 0.1) is 0 Å². The van der Waals surface area contributed by atoms with Gasteiger partial charge in [-0.1, -0.05) is 0 Å². The Morgan fingerprint density at radius 3 is 1.00 bits per heavy atom. The van der Waals surface area contributed by atoms with Gasteiger partial charge in [0.15, 0.2) is 0 Å². The molecule has 2 N–H and O–H groups in total. The van der Waals surface area contributed by atoms with E-state index in [1.807, 2.05) is 0 Å². The van der Waals surface area contributed by atoms with E-state index in [1.54, 1.807) is 0 Å². The number of hydrogen-bond acceptors (Lipinski definition) is 5. The average Bonchev–Trinajstić information content (AvgIpc) is 1.14. The second kappa shape index (κ2) is 5.63. The molecule has 0 bridgehead atoms. The van der Waals surface area contributed by atoms with Crippen LogP contribution in [0.5, 0.6) is 0 Å². The van der Waals surface area contributed by atoms with E-state index in [0.717, 1.165) is 0 Å². The summed E-state index contributed by atoms with van der Waals surface area (Å²) in [5, 5.41) is 0. The van der Waals surface area contributed by atoms with Crippen molar-refractivity contribution in [1.82, 2.24) is 0 Å². The van der Waals surface area contributed by atoms with Gasteiger partial charge in [-0.25, -0.2) is 0 Å². The Balaban J connectivity index is -0.000000320. The van der Waals surface area contributed by atoms with Crippen molar-refractivity contribution in [3.05, 3.63) is 0 Å². The molecule has 0 aromatic rings. The van der Waals surface area contributed by atoms with Crippen molar-refractivity contribution in [2.75, 3.05) is 0 Å². The van der Waals surface area contributed by atoms with E-state index >= 15 is 0 Å². The summed E-state index contributed by atoms with van der Waals surface area (Å²) in [7, 11) is -10.2. The molecule has 0 heterocycles. The van der Waals surface area contributed by atoms with Gasteiger partial charge in [0, 0.05) is 39.0 Å². The van der Waals surface area contributed by atoms with Gasteiger partial charge in [-0.3, -0.25) is 9.11 Å². The molecule has 0 aromatic carbocycles. The Hall–Kier alpha value is 1.03. The van der Waals surface area contributed by atoms with Crippen molar-refractivity contribution in [2.45, 2.75) is 0 Å². The van der Waals surface area contributed by atoms with E-state index in [0.29, 0.717) is 0 Å². The Morgan fingerprint density at radius 2 is 1.00 bits per heavy atom. The fraction of sp³-hybridized carbons (Fsp3) is 0. The second-order valence-corrected chi connectivity index (χ2v) is 3.18. The van der Waals surface area contributed by atoms with Crippen molar-refractivity contribution in [3.63, 3.8) is 0 Å². The van der Waals surface area contributed by atoms with E-state index in [-0.39, 0.29) is 39.0 Å². The molecule has 7 nitrogen and oxygen atoms in total. The first-order chi connectivity index (χ1) is 3.71. The predicted molar refractivity (Wildman–Crippen MR) is 24.2 cm³/mol. The normalized spacial score (nSPS) is 11.1. The Kier molecular flexibility index (Phi) is 9.19. The minimum atomic E-state index is -5.12. The van der Waals surface area contributed by atoms with Crippen LogP contribution in [0.2, 0.25) is 0 Å². The van der Waals surface area contributed by atoms with Crippen molar-refractivity contribution >= 4 is 20.8 Å². The topological polar surface area (TPSA) is 118 Å². The van der Waals surface area contributed by atoms with Crippen LogP contribution in [0.15, 0.2) is 0 Å². The molecule has 0 aliphatic carbocycles. The van der Waals surface area contributed by atoms with Gasteiger partial charge in [-0.05, 0) is 0 Å². The van der Waals surface area contributed by atoms with Gasteiger partial charge >= 0.3 is 20.8 Å². The molecule has 0 aromatic heterocycles. The maximum absolute atomic E-state index is 9.44. The largest absolute Gasteiger partial charge is 0.413 e. The SMILES string of the molecule is O=S(=O)(O)OS(=O)(=O)O.[Ru].[Ru]. The Bertz CT molecular complexity index is 240. The third-order valence-corrected chi connectivity index (χ3v) is 1.55. The maximum atomic E-state index is 9.44. The van der Waals surface area contributed by atoms with Gasteiger partial charge in [-0.15, -0.1) is 3.63 Å². The Labute approximate surface area is 88.9 Å². The van der Waals surface area contributed by atoms with Gasteiger partial charge in [0.1, 0.15) is 0 Å². The molecule has 11 heteroatoms. The third kappa shape index (κ3) is 18.2. The fourth-order valence-corrected chi connectivity index (χ4v) is 0.978. The van der Waals surface area contributed by atoms with Crippen LogP contribution < -0.4 is 0 Å². The summed E-state index contributed by atoms with van der Waals surface area (Å²) in [6.45, 7) is 0. The zero-order chi connectivity index (χ0) is 7.71. The molecule has 72 valence electrons. The molecule has 11 heavy (non-hydrogen) atoms. The van der Waals surface area contributed by atoms with Crippen LogP contribution in [0.25, 0.3) is 0 Å². The zero-order valence-corrected chi connectivity index (χ0v) is 9.57. The summed E-state index contributed by atoms with van der Waals surface area (Å²) in [6.07, 6.45) is 0. The third-order valence-electron chi connectivity index (χ3n) is 0.172. The molecular formula is H2O7Ru2S2. The molecule has 0 amide bonds. The first-order valence-electron chi connectivity index (χ1n) is 1.37. The van der Waals surface area contributed by atoms with E-state index < -0.39 is 20.8 Å². The monoisotopic (exact) mass is 382 g/mol. The van der Waals surface area contributed by atoms with E-state index in [1.165, 1.54) is 0 Å². The predicted octanol–water partition coefficient (Wildman–Crippen LogP) is -1.40. The molecule has 0 fully saturated rings. The van der Waals surface area contributed by atoms with Crippen LogP contribution in [-0.4, -0.2) is 25.9 Å². The zero-order valence-electron chi connectivity index (χ0n) is 4.46. The van der Waals surface area contributed by atoms with Crippen molar-refractivity contribution in [2.24, 2.45) is 0 Å². The quantitative estimate of drug-likeness (QED) is 0.447. The molecular weight excluding hydrogens is 378 g/mol. The summed E-state index contributed by atoms with van der Waals surface area (Å²) in [5.41, 5.74) is 0. The van der Waals surface area contributed by atoms with E-state index in [4.69, 9.17) is 9.11 Å². The minimum absolute atomic E-state index is 0. The molecule has 0 unspecified atom stereocenters. The second-order valence-electron chi connectivity index (χ2n) is 0.924. The fourth-order valence-electron chi connectivity index (χ4n) is 0.109. The molecule has 0 radical (unpaired) electrons. The van der Waals surface area contributed by atoms with Crippen molar-refractivity contribution < 1.29 is 68.5 Å². The van der Waals surface area contributed by atoms with Crippen LogP contribution in [-0.2, 0) is 63.4 Å². The van der Waals surface area contributed by atoms with Gasteiger partial charge < -0.3 is 0 Å². The van der Waals surface area contributed by atoms with Crippen LogP contribution in [0.3, 0.4) is 0 Å². The van der Waals surface area contributed by atoms with Gasteiger partial charge in [0.2, 0.25) is 0 Å².